The van der Waals surface area contributed by atoms with Gasteiger partial charge >= 0.3 is 0 Å². The van der Waals surface area contributed by atoms with Crippen molar-refractivity contribution in [2.45, 2.75) is 31.2 Å². The van der Waals surface area contributed by atoms with Crippen molar-refractivity contribution in [3.8, 4) is 17.1 Å². The highest BCUT2D eigenvalue weighted by Crippen LogP contribution is 2.29. The van der Waals surface area contributed by atoms with Crippen molar-refractivity contribution in [1.82, 2.24) is 14.8 Å². The SMILES string of the molecule is CCOc1ccccc1NC(=O)[C@H](C)Sc1nnc(-c2ccccc2C)n1C. The van der Waals surface area contributed by atoms with Crippen LogP contribution in [-0.2, 0) is 11.8 Å². The molecule has 146 valence electrons. The molecule has 0 fully saturated rings. The molecule has 1 atom stereocenters. The van der Waals surface area contributed by atoms with E-state index in [1.807, 2.05) is 80.9 Å². The Balaban J connectivity index is 1.72. The van der Waals surface area contributed by atoms with Crippen LogP contribution in [0.2, 0.25) is 0 Å². The van der Waals surface area contributed by atoms with Gasteiger partial charge in [-0.15, -0.1) is 10.2 Å². The van der Waals surface area contributed by atoms with Gasteiger partial charge in [-0.05, 0) is 38.5 Å². The minimum Gasteiger partial charge on any atom is -0.492 e. The molecule has 1 N–H and O–H groups in total. The second-order valence-corrected chi connectivity index (χ2v) is 7.67. The number of anilines is 1. The summed E-state index contributed by atoms with van der Waals surface area (Å²) in [5.41, 5.74) is 2.83. The zero-order chi connectivity index (χ0) is 20.1. The van der Waals surface area contributed by atoms with E-state index < -0.39 is 0 Å². The Morgan fingerprint density at radius 3 is 2.64 bits per heavy atom. The van der Waals surface area contributed by atoms with Crippen molar-refractivity contribution in [1.29, 1.82) is 0 Å². The average molecular weight is 397 g/mol. The van der Waals surface area contributed by atoms with Crippen LogP contribution < -0.4 is 10.1 Å². The second kappa shape index (κ2) is 8.93. The summed E-state index contributed by atoms with van der Waals surface area (Å²) in [4.78, 5) is 12.7. The zero-order valence-corrected chi connectivity index (χ0v) is 17.3. The van der Waals surface area contributed by atoms with Crippen LogP contribution in [0.3, 0.4) is 0 Å². The molecule has 0 radical (unpaired) electrons. The summed E-state index contributed by atoms with van der Waals surface area (Å²) < 4.78 is 7.49. The maximum absolute atomic E-state index is 12.7. The smallest absolute Gasteiger partial charge is 0.237 e. The quantitative estimate of drug-likeness (QED) is 0.603. The number of benzene rings is 2. The van der Waals surface area contributed by atoms with Crippen LogP contribution in [0.15, 0.2) is 53.7 Å². The standard InChI is InChI=1S/C21H24N4O2S/c1-5-27-18-13-9-8-12-17(18)22-20(26)15(3)28-21-24-23-19(25(21)4)16-11-7-6-10-14(16)2/h6-13,15H,5H2,1-4H3,(H,22,26)/t15-/m0/s1. The number of para-hydroxylation sites is 2. The number of aryl methyl sites for hydroxylation is 1. The van der Waals surface area contributed by atoms with Crippen LogP contribution in [0.5, 0.6) is 5.75 Å². The average Bonchev–Trinajstić information content (AvgIpc) is 3.04. The van der Waals surface area contributed by atoms with Gasteiger partial charge in [0.1, 0.15) is 5.75 Å². The van der Waals surface area contributed by atoms with E-state index in [0.29, 0.717) is 23.2 Å². The lowest BCUT2D eigenvalue weighted by Crippen LogP contribution is -2.23. The van der Waals surface area contributed by atoms with E-state index in [1.54, 1.807) is 0 Å². The Hall–Kier alpha value is -2.80. The molecule has 1 heterocycles. The van der Waals surface area contributed by atoms with Gasteiger partial charge in [-0.25, -0.2) is 0 Å². The van der Waals surface area contributed by atoms with Crippen molar-refractivity contribution in [3.05, 3.63) is 54.1 Å². The minimum absolute atomic E-state index is 0.113. The van der Waals surface area contributed by atoms with Gasteiger partial charge < -0.3 is 14.6 Å². The molecular formula is C21H24N4O2S. The second-order valence-electron chi connectivity index (χ2n) is 6.36. The van der Waals surface area contributed by atoms with Gasteiger partial charge in [0.25, 0.3) is 0 Å². The first-order valence-corrected chi connectivity index (χ1v) is 10.0. The van der Waals surface area contributed by atoms with Crippen LogP contribution in [0, 0.1) is 6.92 Å². The van der Waals surface area contributed by atoms with Gasteiger partial charge in [0, 0.05) is 12.6 Å². The van der Waals surface area contributed by atoms with E-state index in [4.69, 9.17) is 4.74 Å². The summed E-state index contributed by atoms with van der Waals surface area (Å²) in [6.45, 7) is 6.35. The maximum Gasteiger partial charge on any atom is 0.237 e. The molecule has 0 aliphatic rings. The lowest BCUT2D eigenvalue weighted by atomic mass is 10.1. The first-order valence-electron chi connectivity index (χ1n) is 9.16. The number of nitrogens with zero attached hydrogens (tertiary/aromatic N) is 3. The predicted molar refractivity (Wildman–Crippen MR) is 113 cm³/mol. The highest BCUT2D eigenvalue weighted by molar-refractivity contribution is 8.00. The molecule has 0 saturated heterocycles. The summed E-state index contributed by atoms with van der Waals surface area (Å²) in [6, 6.07) is 15.5. The summed E-state index contributed by atoms with van der Waals surface area (Å²) in [5, 5.41) is 11.9. The van der Waals surface area contributed by atoms with Crippen LogP contribution in [0.4, 0.5) is 5.69 Å². The number of aromatic nitrogens is 3. The number of ether oxygens (including phenoxy) is 1. The summed E-state index contributed by atoms with van der Waals surface area (Å²) in [6.07, 6.45) is 0. The molecule has 7 heteroatoms. The third-order valence-corrected chi connectivity index (χ3v) is 5.45. The summed E-state index contributed by atoms with van der Waals surface area (Å²) >= 11 is 1.37. The number of rotatable bonds is 7. The number of amides is 1. The van der Waals surface area contributed by atoms with Crippen molar-refractivity contribution in [2.24, 2.45) is 7.05 Å². The monoisotopic (exact) mass is 396 g/mol. The fourth-order valence-electron chi connectivity index (χ4n) is 2.77. The molecule has 1 aromatic heterocycles. The first-order chi connectivity index (χ1) is 13.5. The van der Waals surface area contributed by atoms with Crippen molar-refractivity contribution >= 4 is 23.4 Å². The van der Waals surface area contributed by atoms with Gasteiger partial charge in [0.15, 0.2) is 11.0 Å². The Morgan fingerprint density at radius 2 is 1.89 bits per heavy atom. The molecule has 3 rings (SSSR count). The lowest BCUT2D eigenvalue weighted by molar-refractivity contribution is -0.115. The fourth-order valence-corrected chi connectivity index (χ4v) is 3.59. The molecule has 0 aliphatic carbocycles. The molecule has 0 spiro atoms. The molecule has 1 amide bonds. The van der Waals surface area contributed by atoms with Crippen LogP contribution in [0.1, 0.15) is 19.4 Å². The number of carbonyl (C=O) groups excluding carboxylic acids is 1. The highest BCUT2D eigenvalue weighted by atomic mass is 32.2. The zero-order valence-electron chi connectivity index (χ0n) is 16.5. The summed E-state index contributed by atoms with van der Waals surface area (Å²) in [7, 11) is 1.92. The van der Waals surface area contributed by atoms with Crippen LogP contribution in [-0.4, -0.2) is 32.5 Å². The highest BCUT2D eigenvalue weighted by Gasteiger charge is 2.20. The van der Waals surface area contributed by atoms with E-state index in [2.05, 4.69) is 15.5 Å². The number of hydrogen-bond donors (Lipinski definition) is 1. The van der Waals surface area contributed by atoms with Gasteiger partial charge in [-0.3, -0.25) is 4.79 Å². The van der Waals surface area contributed by atoms with E-state index in [1.165, 1.54) is 11.8 Å². The van der Waals surface area contributed by atoms with E-state index in [-0.39, 0.29) is 11.2 Å². The molecule has 28 heavy (non-hydrogen) atoms. The van der Waals surface area contributed by atoms with E-state index in [9.17, 15) is 4.79 Å². The Kier molecular flexibility index (Phi) is 6.36. The molecular weight excluding hydrogens is 372 g/mol. The molecule has 6 nitrogen and oxygen atoms in total. The third-order valence-electron chi connectivity index (χ3n) is 4.32. The van der Waals surface area contributed by atoms with E-state index in [0.717, 1.165) is 17.0 Å². The summed E-state index contributed by atoms with van der Waals surface area (Å²) in [5.74, 6) is 1.34. The molecule has 0 saturated carbocycles. The van der Waals surface area contributed by atoms with Gasteiger partial charge in [-0.1, -0.05) is 48.2 Å². The van der Waals surface area contributed by atoms with Gasteiger partial charge in [0.2, 0.25) is 5.91 Å². The number of carbonyl (C=O) groups is 1. The fraction of sp³-hybridized carbons (Fsp3) is 0.286. The molecule has 3 aromatic rings. The maximum atomic E-state index is 12.7. The molecule has 2 aromatic carbocycles. The third kappa shape index (κ3) is 4.36. The van der Waals surface area contributed by atoms with Gasteiger partial charge in [-0.2, -0.15) is 0 Å². The molecule has 0 unspecified atom stereocenters. The largest absolute Gasteiger partial charge is 0.492 e. The van der Waals surface area contributed by atoms with Crippen LogP contribution in [0.25, 0.3) is 11.4 Å². The van der Waals surface area contributed by atoms with E-state index >= 15 is 0 Å². The normalized spacial score (nSPS) is 11.9. The van der Waals surface area contributed by atoms with Crippen molar-refractivity contribution in [3.63, 3.8) is 0 Å². The van der Waals surface area contributed by atoms with Gasteiger partial charge in [0.05, 0.1) is 17.5 Å². The predicted octanol–water partition coefficient (Wildman–Crippen LogP) is 4.31. The number of nitrogens with one attached hydrogen (secondary N) is 1. The number of thioether (sulfide) groups is 1. The van der Waals surface area contributed by atoms with Crippen LogP contribution >= 0.6 is 11.8 Å². The molecule has 0 bridgehead atoms. The van der Waals surface area contributed by atoms with Crippen molar-refractivity contribution in [2.75, 3.05) is 11.9 Å². The molecule has 0 aliphatic heterocycles. The Labute approximate surface area is 169 Å². The topological polar surface area (TPSA) is 69.0 Å². The minimum atomic E-state index is -0.345. The Bertz CT molecular complexity index is 971. The first kappa shape index (κ1) is 19.9. The van der Waals surface area contributed by atoms with Crippen molar-refractivity contribution < 1.29 is 9.53 Å². The lowest BCUT2D eigenvalue weighted by Gasteiger charge is -2.14. The number of hydrogen-bond acceptors (Lipinski definition) is 5. The Morgan fingerprint density at radius 1 is 1.18 bits per heavy atom.